The minimum atomic E-state index is -2.58. The van der Waals surface area contributed by atoms with Crippen molar-refractivity contribution in [3.8, 4) is 11.4 Å². The minimum Gasteiger partial charge on any atom is -0.349 e. The number of H-pyrrole nitrogens is 1. The van der Waals surface area contributed by atoms with Gasteiger partial charge in [-0.2, -0.15) is 0 Å². The zero-order chi connectivity index (χ0) is 21.5. The number of aromatic nitrogens is 4. The Morgan fingerprint density at radius 3 is 3.10 bits per heavy atom. The molecule has 4 heterocycles. The van der Waals surface area contributed by atoms with E-state index in [4.69, 9.17) is 16.6 Å². The summed E-state index contributed by atoms with van der Waals surface area (Å²) in [6.07, 6.45) is 5.41. The van der Waals surface area contributed by atoms with E-state index in [-0.39, 0.29) is 13.3 Å². The van der Waals surface area contributed by atoms with Gasteiger partial charge in [0.05, 0.1) is 11.6 Å². The molecule has 7 nitrogen and oxygen atoms in total. The van der Waals surface area contributed by atoms with Crippen molar-refractivity contribution in [2.24, 2.45) is 11.8 Å². The zero-order valence-corrected chi connectivity index (χ0v) is 17.3. The summed E-state index contributed by atoms with van der Waals surface area (Å²) in [4.78, 5) is 31.3. The van der Waals surface area contributed by atoms with Crippen molar-refractivity contribution >= 4 is 34.4 Å². The first-order chi connectivity index (χ1) is 15.0. The first-order valence-corrected chi connectivity index (χ1v) is 10.7. The zero-order valence-electron chi connectivity index (χ0n) is 16.6. The second kappa shape index (κ2) is 8.03. The fourth-order valence-corrected chi connectivity index (χ4v) is 5.12. The smallest absolute Gasteiger partial charge is 0.255 e. The molecule has 1 saturated carbocycles. The molecule has 2 N–H and O–H groups in total. The van der Waals surface area contributed by atoms with E-state index in [0.717, 1.165) is 30.2 Å². The lowest BCUT2D eigenvalue weighted by Crippen LogP contribution is -2.47. The third-order valence-electron chi connectivity index (χ3n) is 6.26. The molecule has 0 radical (unpaired) electrons. The summed E-state index contributed by atoms with van der Waals surface area (Å²) in [6.45, 7) is 0.0356. The van der Waals surface area contributed by atoms with Gasteiger partial charge < -0.3 is 15.2 Å². The van der Waals surface area contributed by atoms with Gasteiger partial charge in [-0.1, -0.05) is 18.0 Å². The average molecular weight is 449 g/mol. The highest BCUT2D eigenvalue weighted by Crippen LogP contribution is 2.44. The number of pyridine rings is 1. The summed E-state index contributed by atoms with van der Waals surface area (Å²) in [6, 6.07) is 3.05. The first kappa shape index (κ1) is 20.1. The Labute approximate surface area is 183 Å². The maximum absolute atomic E-state index is 12.8. The number of nitrogens with zero attached hydrogens (tertiary/aromatic N) is 4. The molecule has 1 saturated heterocycles. The molecule has 3 aromatic rings. The molecule has 0 spiro atoms. The van der Waals surface area contributed by atoms with Crippen LogP contribution in [0.4, 0.5) is 14.6 Å². The van der Waals surface area contributed by atoms with E-state index in [1.54, 1.807) is 30.7 Å². The predicted octanol–water partition coefficient (Wildman–Crippen LogP) is 3.91. The number of anilines is 1. The summed E-state index contributed by atoms with van der Waals surface area (Å²) in [5, 5.41) is 3.71. The number of carbonyl (C=O) groups is 1. The number of amides is 1. The largest absolute Gasteiger partial charge is 0.349 e. The normalized spacial score (nSPS) is 23.0. The maximum atomic E-state index is 12.8. The van der Waals surface area contributed by atoms with Crippen LogP contribution in [0.15, 0.2) is 30.7 Å². The van der Waals surface area contributed by atoms with E-state index in [1.165, 1.54) is 0 Å². The molecule has 1 aliphatic heterocycles. The van der Waals surface area contributed by atoms with Gasteiger partial charge in [0.2, 0.25) is 5.91 Å². The number of nitrogens with one attached hydrogen (secondary N) is 2. The lowest BCUT2D eigenvalue weighted by atomic mass is 9.93. The van der Waals surface area contributed by atoms with Gasteiger partial charge in [-0.05, 0) is 36.8 Å². The lowest BCUT2D eigenvalue weighted by Gasteiger charge is -2.28. The highest BCUT2D eigenvalue weighted by molar-refractivity contribution is 6.31. The second-order valence-electron chi connectivity index (χ2n) is 8.08. The average Bonchev–Trinajstić information content (AvgIpc) is 3.46. The van der Waals surface area contributed by atoms with Crippen LogP contribution in [0.5, 0.6) is 0 Å². The Balaban J connectivity index is 0.00000245. The predicted molar refractivity (Wildman–Crippen MR) is 115 cm³/mol. The second-order valence-corrected chi connectivity index (χ2v) is 8.52. The molecular formula is C21H23ClF2N6O. The molecule has 1 amide bonds. The first-order valence-electron chi connectivity index (χ1n) is 10.3. The number of carbonyl (C=O) groups excluding carboxylic acids is 1. The fourth-order valence-electron chi connectivity index (χ4n) is 4.96. The molecule has 10 heteroatoms. The Morgan fingerprint density at radius 2 is 2.26 bits per heavy atom. The van der Waals surface area contributed by atoms with Crippen molar-refractivity contribution in [2.45, 2.75) is 31.7 Å². The Hall–Kier alpha value is -2.81. The van der Waals surface area contributed by atoms with Gasteiger partial charge in [0, 0.05) is 37.5 Å². The molecule has 0 bridgehead atoms. The van der Waals surface area contributed by atoms with Crippen molar-refractivity contribution in [1.29, 1.82) is 0 Å². The van der Waals surface area contributed by atoms with Crippen molar-refractivity contribution in [3.05, 3.63) is 35.7 Å². The van der Waals surface area contributed by atoms with Crippen molar-refractivity contribution in [1.82, 2.24) is 25.3 Å². The number of hydrogen-bond acceptors (Lipinski definition) is 5. The third-order valence-corrected chi connectivity index (χ3v) is 6.47. The van der Waals surface area contributed by atoms with E-state index in [0.29, 0.717) is 34.8 Å². The number of halogens is 3. The van der Waals surface area contributed by atoms with Crippen LogP contribution in [0.3, 0.4) is 0 Å². The lowest BCUT2D eigenvalue weighted by molar-refractivity contribution is -0.123. The number of fused-ring (bicyclic) bond motifs is 2. The molecule has 0 aromatic carbocycles. The van der Waals surface area contributed by atoms with Crippen LogP contribution in [-0.2, 0) is 4.79 Å². The molecular weight excluding hydrogens is 426 g/mol. The van der Waals surface area contributed by atoms with Gasteiger partial charge in [-0.3, -0.25) is 4.79 Å². The fraction of sp³-hybridized carbons (Fsp3) is 0.429. The van der Waals surface area contributed by atoms with Crippen molar-refractivity contribution in [3.63, 3.8) is 0 Å². The monoisotopic (exact) mass is 448 g/mol. The van der Waals surface area contributed by atoms with E-state index >= 15 is 0 Å². The van der Waals surface area contributed by atoms with E-state index in [2.05, 4.69) is 20.3 Å². The quantitative estimate of drug-likeness (QED) is 0.618. The van der Waals surface area contributed by atoms with Gasteiger partial charge in [0.15, 0.2) is 5.82 Å². The maximum Gasteiger partial charge on any atom is 0.255 e. The van der Waals surface area contributed by atoms with Crippen LogP contribution in [0.2, 0.25) is 5.02 Å². The molecule has 31 heavy (non-hydrogen) atoms. The number of hydrogen-bond donors (Lipinski definition) is 2. The van der Waals surface area contributed by atoms with Gasteiger partial charge in [0.1, 0.15) is 17.5 Å². The SMILES string of the molecule is O=C(NCC(F)F)[C@H]1[C@@H]2CCC[C@@H]2CN1c1ccnc(-c2c[nH]c3ncc(Cl)cc23)n1.[HH]. The van der Waals surface area contributed by atoms with Gasteiger partial charge >= 0.3 is 0 Å². The van der Waals surface area contributed by atoms with Gasteiger partial charge in [0.25, 0.3) is 6.43 Å². The Kier molecular flexibility index (Phi) is 5.21. The van der Waals surface area contributed by atoms with E-state index in [1.807, 2.05) is 4.90 Å². The van der Waals surface area contributed by atoms with Crippen LogP contribution < -0.4 is 10.2 Å². The van der Waals surface area contributed by atoms with Crippen LogP contribution in [-0.4, -0.2) is 51.4 Å². The van der Waals surface area contributed by atoms with E-state index < -0.39 is 19.0 Å². The highest BCUT2D eigenvalue weighted by Gasteiger charge is 2.48. The third kappa shape index (κ3) is 3.71. The van der Waals surface area contributed by atoms with Gasteiger partial charge in [-0.15, -0.1) is 0 Å². The topological polar surface area (TPSA) is 86.8 Å². The van der Waals surface area contributed by atoms with Crippen molar-refractivity contribution < 1.29 is 15.0 Å². The molecule has 3 atom stereocenters. The molecule has 2 aliphatic rings. The summed E-state index contributed by atoms with van der Waals surface area (Å²) in [5.74, 6) is 1.24. The van der Waals surface area contributed by atoms with Crippen molar-refractivity contribution in [2.75, 3.05) is 18.0 Å². The van der Waals surface area contributed by atoms with Crippen LogP contribution in [0, 0.1) is 11.8 Å². The van der Waals surface area contributed by atoms with E-state index in [9.17, 15) is 13.6 Å². The molecule has 3 aromatic heterocycles. The molecule has 0 unspecified atom stereocenters. The summed E-state index contributed by atoms with van der Waals surface area (Å²) in [7, 11) is 0. The summed E-state index contributed by atoms with van der Waals surface area (Å²) in [5.41, 5.74) is 1.43. The van der Waals surface area contributed by atoms with Crippen LogP contribution in [0.1, 0.15) is 20.7 Å². The van der Waals surface area contributed by atoms with Gasteiger partial charge in [-0.25, -0.2) is 23.7 Å². The summed E-state index contributed by atoms with van der Waals surface area (Å²) < 4.78 is 25.3. The standard InChI is InChI=1S/C21H21ClF2N6O.H2/c22-12-6-14-15(8-27-19(14)26-7-12)20-25-5-4-17(29-20)30-10-11-2-1-3-13(11)18(30)21(31)28-9-16(23)24;/h4-8,11,13,16,18H,1-3,9-10H2,(H,26,27)(H,28,31);1H/t11-,13-,18-;/m1./s1. The Morgan fingerprint density at radius 1 is 1.39 bits per heavy atom. The molecule has 164 valence electrons. The molecule has 2 fully saturated rings. The number of aromatic amines is 1. The highest BCUT2D eigenvalue weighted by atomic mass is 35.5. The summed E-state index contributed by atoms with van der Waals surface area (Å²) >= 11 is 6.11. The molecule has 5 rings (SSSR count). The molecule has 1 aliphatic carbocycles. The number of rotatable bonds is 5. The minimum absolute atomic E-state index is 0. The van der Waals surface area contributed by atoms with Crippen LogP contribution in [0.25, 0.3) is 22.4 Å². The Bertz CT molecular complexity index is 1130. The number of alkyl halides is 2. The van der Waals surface area contributed by atoms with Crippen LogP contribution >= 0.6 is 11.6 Å².